The summed E-state index contributed by atoms with van der Waals surface area (Å²) in [6.07, 6.45) is 3.72. The molecule has 11 unspecified atom stereocenters. The van der Waals surface area contributed by atoms with Crippen molar-refractivity contribution in [3.8, 4) is 5.75 Å². The average Bonchev–Trinajstić information content (AvgIpc) is 1.71. The van der Waals surface area contributed by atoms with E-state index in [2.05, 4.69) is 73.1 Å². The number of fused-ring (bicyclic) bond motifs is 1. The number of H-pyrrole nitrogens is 1. The summed E-state index contributed by atoms with van der Waals surface area (Å²) in [4.78, 5) is 183. The molecule has 1 saturated heterocycles. The number of aromatic nitrogens is 1. The fraction of sp³-hybridized carbons (Fsp3) is 0.567. The number of aliphatic imine (C=N–C) groups is 3. The predicted molar refractivity (Wildman–Crippen MR) is 396 cm³/mol. The maximum Gasteiger partial charge on any atom is 0.326 e. The van der Waals surface area contributed by atoms with Gasteiger partial charge in [0.25, 0.3) is 0 Å². The molecule has 3 aromatic rings. The number of phenols is 1. The zero-order chi connectivity index (χ0) is 78.7. The molecule has 2 aromatic carbocycles. The molecule has 586 valence electrons. The van der Waals surface area contributed by atoms with Crippen LogP contribution in [0.3, 0.4) is 0 Å². The van der Waals surface area contributed by atoms with Crippen LogP contribution in [0.25, 0.3) is 10.9 Å². The van der Waals surface area contributed by atoms with Crippen LogP contribution in [0.1, 0.15) is 103 Å². The van der Waals surface area contributed by atoms with Crippen LogP contribution >= 0.6 is 11.8 Å². The lowest BCUT2D eigenvalue weighted by Crippen LogP contribution is -2.61. The summed E-state index contributed by atoms with van der Waals surface area (Å²) >= 11 is 1.35. The maximum atomic E-state index is 14.9. The molecule has 0 radical (unpaired) electrons. The van der Waals surface area contributed by atoms with Crippen LogP contribution in [-0.4, -0.2) is 244 Å². The van der Waals surface area contributed by atoms with Crippen LogP contribution in [-0.2, 0) is 70.4 Å². The highest BCUT2D eigenvalue weighted by Gasteiger charge is 2.41. The Hall–Kier alpha value is -10.5. The number of benzene rings is 2. The van der Waals surface area contributed by atoms with Crippen molar-refractivity contribution in [2.75, 3.05) is 57.9 Å². The summed E-state index contributed by atoms with van der Waals surface area (Å²) in [5.74, 6) is -12.4. The first-order valence-electron chi connectivity index (χ1n) is 34.8. The average molecular weight is 1510 g/mol. The molecule has 1 aliphatic rings. The number of guanidine groups is 3. The number of aromatic amines is 1. The number of thioether (sulfide) groups is 1. The molecule has 0 spiro atoms. The maximum absolute atomic E-state index is 14.9. The SMILES string of the molecule is CSCCC(NC(=O)C(CO)NC(=O)C(N)CCCN=C(N)N)C(=O)NC(CC(C)C)C(=O)NCC(=O)NC(CCCN=C(N)N)C(=O)NC(C(=O)NC(Cc1ccc(O)cc1)C(=O)NC(CCCN=C(N)N)C(=O)N1CCCC1C(=O)NC(CO)C(=O)NC(Cc1c[nH]c2ccccc12)C(=O)O)C(C)C. The van der Waals surface area contributed by atoms with E-state index in [9.17, 15) is 78.0 Å². The highest BCUT2D eigenvalue weighted by molar-refractivity contribution is 7.98. The number of carbonyl (C=O) groups is 12. The Morgan fingerprint density at radius 2 is 1.08 bits per heavy atom. The van der Waals surface area contributed by atoms with Crippen molar-refractivity contribution in [3.63, 3.8) is 0 Å². The van der Waals surface area contributed by atoms with Gasteiger partial charge in [0, 0.05) is 56.1 Å². The Bertz CT molecular complexity index is 3550. The summed E-state index contributed by atoms with van der Waals surface area (Å²) in [6.45, 7) is 4.27. The third-order valence-corrected chi connectivity index (χ3v) is 17.6. The van der Waals surface area contributed by atoms with Crippen LogP contribution in [0.2, 0.25) is 0 Å². The van der Waals surface area contributed by atoms with E-state index >= 15 is 0 Å². The molecule has 1 aromatic heterocycles. The molecule has 0 aliphatic carbocycles. The van der Waals surface area contributed by atoms with Gasteiger partial charge in [-0.2, -0.15) is 11.8 Å². The molecule has 106 heavy (non-hydrogen) atoms. The number of aliphatic hydroxyl groups excluding tert-OH is 2. The number of nitrogens with one attached hydrogen (secondary N) is 11. The molecule has 39 heteroatoms. The summed E-state index contributed by atoms with van der Waals surface area (Å²) < 4.78 is 0. The van der Waals surface area contributed by atoms with E-state index in [1.165, 1.54) is 40.9 Å². The number of hydrogen-bond acceptors (Lipinski definition) is 20. The van der Waals surface area contributed by atoms with Gasteiger partial charge in [0.2, 0.25) is 65.0 Å². The van der Waals surface area contributed by atoms with Crippen LogP contribution in [0.4, 0.5) is 0 Å². The number of nitrogens with zero attached hydrogens (tertiary/aromatic N) is 4. The Labute approximate surface area is 617 Å². The lowest BCUT2D eigenvalue weighted by Gasteiger charge is -2.31. The van der Waals surface area contributed by atoms with E-state index in [1.807, 2.05) is 0 Å². The minimum atomic E-state index is -1.67. The second kappa shape index (κ2) is 45.0. The van der Waals surface area contributed by atoms with Crippen molar-refractivity contribution >= 4 is 111 Å². The highest BCUT2D eigenvalue weighted by atomic mass is 32.2. The van der Waals surface area contributed by atoms with Crippen LogP contribution in [0, 0.1) is 11.8 Å². The normalized spacial score (nSPS) is 15.4. The molecule has 11 amide bonds. The Balaban J connectivity index is 1.54. The smallest absolute Gasteiger partial charge is 0.326 e. The van der Waals surface area contributed by atoms with Gasteiger partial charge in [-0.15, -0.1) is 0 Å². The van der Waals surface area contributed by atoms with Crippen LogP contribution in [0.15, 0.2) is 69.7 Å². The first-order valence-corrected chi connectivity index (χ1v) is 36.2. The largest absolute Gasteiger partial charge is 0.508 e. The third kappa shape index (κ3) is 29.9. The van der Waals surface area contributed by atoms with Crippen molar-refractivity contribution in [1.82, 2.24) is 63.1 Å². The molecule has 0 saturated carbocycles. The van der Waals surface area contributed by atoms with E-state index in [0.717, 1.165) is 10.9 Å². The van der Waals surface area contributed by atoms with Gasteiger partial charge in [0.1, 0.15) is 66.2 Å². The number of amides is 11. The number of para-hydroxylation sites is 1. The number of aliphatic hydroxyl groups is 2. The fourth-order valence-corrected chi connectivity index (χ4v) is 11.8. The fourth-order valence-electron chi connectivity index (χ4n) is 11.3. The number of carboxylic acids is 1. The monoisotopic (exact) mass is 1510 g/mol. The topological polar surface area (TPSA) is 644 Å². The van der Waals surface area contributed by atoms with Gasteiger partial charge >= 0.3 is 5.97 Å². The zero-order valence-corrected chi connectivity index (χ0v) is 61.1. The summed E-state index contributed by atoms with van der Waals surface area (Å²) in [6, 6.07) is -2.72. The van der Waals surface area contributed by atoms with Gasteiger partial charge in [0.05, 0.1) is 25.8 Å². The first-order chi connectivity index (χ1) is 50.3. The molecule has 38 nitrogen and oxygen atoms in total. The van der Waals surface area contributed by atoms with E-state index in [0.29, 0.717) is 23.3 Å². The number of likely N-dealkylation sites (tertiary alicyclic amines) is 1. The van der Waals surface area contributed by atoms with Crippen LogP contribution < -0.4 is 93.3 Å². The molecule has 29 N–H and O–H groups in total. The molecular formula is C67H106N22O16S. The van der Waals surface area contributed by atoms with Gasteiger partial charge in [0.15, 0.2) is 17.9 Å². The Morgan fingerprint density at radius 3 is 1.66 bits per heavy atom. The second-order valence-corrected chi connectivity index (χ2v) is 27.2. The van der Waals surface area contributed by atoms with Crippen molar-refractivity contribution in [3.05, 3.63) is 65.9 Å². The molecular weight excluding hydrogens is 1400 g/mol. The molecule has 0 bridgehead atoms. The molecule has 4 rings (SSSR count). The predicted octanol–water partition coefficient (Wildman–Crippen LogP) is -5.86. The Morgan fingerprint density at radius 1 is 0.575 bits per heavy atom. The van der Waals surface area contributed by atoms with E-state index in [4.69, 9.17) is 40.1 Å². The molecule has 2 heterocycles. The zero-order valence-electron chi connectivity index (χ0n) is 60.3. The van der Waals surface area contributed by atoms with Gasteiger partial charge in [-0.1, -0.05) is 58.0 Å². The highest BCUT2D eigenvalue weighted by Crippen LogP contribution is 2.23. The minimum absolute atomic E-state index is 0.0148. The first kappa shape index (κ1) is 87.9. The number of nitrogens with two attached hydrogens (primary N) is 7. The van der Waals surface area contributed by atoms with Crippen molar-refractivity contribution < 1.29 is 78.0 Å². The number of hydrogen-bond donors (Lipinski definition) is 22. The number of aliphatic carboxylic acids is 1. The Kier molecular flexibility index (Phi) is 37.3. The summed E-state index contributed by atoms with van der Waals surface area (Å²) in [5, 5.41) is 67.0. The van der Waals surface area contributed by atoms with Crippen molar-refractivity contribution in [2.45, 2.75) is 171 Å². The second-order valence-electron chi connectivity index (χ2n) is 26.2. The van der Waals surface area contributed by atoms with Gasteiger partial charge in [-0.3, -0.25) is 67.7 Å². The van der Waals surface area contributed by atoms with Gasteiger partial charge in [-0.25, -0.2) is 4.79 Å². The molecule has 11 atom stereocenters. The number of aromatic hydroxyl groups is 1. The molecule has 1 fully saturated rings. The quantitative estimate of drug-likeness (QED) is 0.0142. The van der Waals surface area contributed by atoms with Gasteiger partial charge < -0.3 is 124 Å². The van der Waals surface area contributed by atoms with E-state index in [-0.39, 0.29) is 126 Å². The van der Waals surface area contributed by atoms with Crippen molar-refractivity contribution in [2.24, 2.45) is 66.9 Å². The lowest BCUT2D eigenvalue weighted by molar-refractivity contribution is -0.144. The van der Waals surface area contributed by atoms with Crippen molar-refractivity contribution in [1.29, 1.82) is 0 Å². The number of carboxylic acid groups (broad SMARTS) is 1. The summed E-state index contributed by atoms with van der Waals surface area (Å²) in [5.41, 5.74) is 40.7. The number of carbonyl (C=O) groups excluding carboxylic acids is 11. The number of phenolic OH excluding ortho intramolecular Hbond substituents is 1. The summed E-state index contributed by atoms with van der Waals surface area (Å²) in [7, 11) is 0. The van der Waals surface area contributed by atoms with Gasteiger partial charge in [-0.05, 0) is 117 Å². The minimum Gasteiger partial charge on any atom is -0.508 e. The van der Waals surface area contributed by atoms with E-state index in [1.54, 1.807) is 64.4 Å². The lowest BCUT2D eigenvalue weighted by atomic mass is 9.99. The van der Waals surface area contributed by atoms with Crippen LogP contribution in [0.5, 0.6) is 5.75 Å². The van der Waals surface area contributed by atoms with E-state index < -0.39 is 163 Å². The number of rotatable bonds is 46. The molecule has 1 aliphatic heterocycles. The third-order valence-electron chi connectivity index (χ3n) is 16.9. The standard InChI is InChI=1S/C67H106N22O16S/c1-35(2)28-46(83-56(96)44(22-27-106-5)81-59(99)49(33-90)86-54(94)41(68)13-8-23-75-65(69)70)55(95)79-32-52(93)80-43(15-9-24-76-66(71)72)57(97)88-53(36(3)4)62(102)84-47(29-37-18-20-39(92)21-19-37)58(98)82-45(16-10-25-77-67(73)74)63(103)89-26-11-17-51(89)61(101)87-50(34-91)60(100)85-48(64(104)105)30-38-31-78-42-14-7-6-12-40(38)42/h6-7,12,14,18-21,31,35-36,41,43-51,53,78,90-92H,8-11,13,15-17,22-30,32-34,68H2,1-5H3,(H,79,95)(H,80,93)(H,81,99)(H,82,98)(H,83,96)(H,84,102)(H,85,100)(H,86,94)(H,87,101)(H,88,97)(H,104,105)(H4,69,70,75)(H4,71,72,76)(H4,73,74,77).